The van der Waals surface area contributed by atoms with Gasteiger partial charge in [0, 0.05) is 29.0 Å². The van der Waals surface area contributed by atoms with Gasteiger partial charge in [0.05, 0.1) is 6.61 Å². The van der Waals surface area contributed by atoms with Gasteiger partial charge in [0.15, 0.2) is 5.78 Å². The zero-order valence-electron chi connectivity index (χ0n) is 16.1. The lowest BCUT2D eigenvalue weighted by Gasteiger charge is -2.17. The third kappa shape index (κ3) is 6.73. The van der Waals surface area contributed by atoms with Crippen molar-refractivity contribution in [2.24, 2.45) is 0 Å². The number of amides is 1. The molecule has 7 nitrogen and oxygen atoms in total. The summed E-state index contributed by atoms with van der Waals surface area (Å²) >= 11 is 0. The summed E-state index contributed by atoms with van der Waals surface area (Å²) in [5.41, 5.74) is 1.28. The lowest BCUT2D eigenvalue weighted by molar-refractivity contribution is -0.150. The standard InChI is InChI=1S/C22H21NO6/c1-3-28-19(25)12-13-20(26)29-21(16-8-5-4-6-9-16)22(27)23-18-11-7-10-17(14-18)15(2)24/h4-14,21H,3H2,1-2H3,(H,23,27)/b13-12+/t21-/m1/s1. The molecule has 0 unspecified atom stereocenters. The Hall–Kier alpha value is -3.74. The van der Waals surface area contributed by atoms with Crippen LogP contribution in [0.1, 0.15) is 35.9 Å². The largest absolute Gasteiger partial charge is 0.463 e. The van der Waals surface area contributed by atoms with Gasteiger partial charge in [-0.1, -0.05) is 42.5 Å². The summed E-state index contributed by atoms with van der Waals surface area (Å²) in [6.07, 6.45) is 0.580. The van der Waals surface area contributed by atoms with Crippen molar-refractivity contribution in [3.05, 3.63) is 77.9 Å². The smallest absolute Gasteiger partial charge is 0.332 e. The number of anilines is 1. The average Bonchev–Trinajstić information content (AvgIpc) is 2.71. The normalized spacial score (nSPS) is 11.5. The lowest BCUT2D eigenvalue weighted by Crippen LogP contribution is -2.25. The summed E-state index contributed by atoms with van der Waals surface area (Å²) in [7, 11) is 0. The highest BCUT2D eigenvalue weighted by atomic mass is 16.5. The molecule has 7 heteroatoms. The summed E-state index contributed by atoms with van der Waals surface area (Å²) in [6.45, 7) is 3.24. The molecule has 0 saturated heterocycles. The van der Waals surface area contributed by atoms with Crippen molar-refractivity contribution in [3.8, 4) is 0 Å². The van der Waals surface area contributed by atoms with Crippen LogP contribution in [-0.2, 0) is 23.9 Å². The Balaban J connectivity index is 2.19. The van der Waals surface area contributed by atoms with Crippen molar-refractivity contribution in [2.45, 2.75) is 20.0 Å². The van der Waals surface area contributed by atoms with E-state index in [1.807, 2.05) is 0 Å². The Labute approximate surface area is 168 Å². The fourth-order valence-corrected chi connectivity index (χ4v) is 2.41. The first kappa shape index (κ1) is 21.6. The van der Waals surface area contributed by atoms with E-state index in [0.29, 0.717) is 16.8 Å². The molecule has 2 aromatic carbocycles. The number of nitrogens with one attached hydrogen (secondary N) is 1. The molecule has 0 aliphatic rings. The maximum atomic E-state index is 12.8. The topological polar surface area (TPSA) is 98.8 Å². The molecule has 2 rings (SSSR count). The Morgan fingerprint density at radius 2 is 1.66 bits per heavy atom. The second-order valence-electron chi connectivity index (χ2n) is 5.94. The molecule has 1 N–H and O–H groups in total. The zero-order chi connectivity index (χ0) is 21.2. The van der Waals surface area contributed by atoms with Crippen LogP contribution in [0.3, 0.4) is 0 Å². The molecule has 150 valence electrons. The molecule has 1 amide bonds. The van der Waals surface area contributed by atoms with Gasteiger partial charge in [-0.25, -0.2) is 9.59 Å². The molecule has 0 aliphatic heterocycles. The van der Waals surface area contributed by atoms with E-state index in [1.54, 1.807) is 55.5 Å². The average molecular weight is 395 g/mol. The third-order valence-corrected chi connectivity index (χ3v) is 3.75. The number of esters is 2. The minimum atomic E-state index is -1.25. The molecule has 29 heavy (non-hydrogen) atoms. The summed E-state index contributed by atoms with van der Waals surface area (Å²) in [5, 5.41) is 2.64. The van der Waals surface area contributed by atoms with Crippen molar-refractivity contribution in [2.75, 3.05) is 11.9 Å². The summed E-state index contributed by atoms with van der Waals surface area (Å²) < 4.78 is 9.96. The van der Waals surface area contributed by atoms with E-state index in [-0.39, 0.29) is 12.4 Å². The predicted octanol–water partition coefficient (Wildman–Crippen LogP) is 3.23. The van der Waals surface area contributed by atoms with Crippen molar-refractivity contribution in [1.82, 2.24) is 0 Å². The Bertz CT molecular complexity index is 920. The second-order valence-corrected chi connectivity index (χ2v) is 5.94. The molecule has 0 spiro atoms. The van der Waals surface area contributed by atoms with E-state index >= 15 is 0 Å². The van der Waals surface area contributed by atoms with E-state index in [0.717, 1.165) is 12.2 Å². The Morgan fingerprint density at radius 3 is 2.31 bits per heavy atom. The predicted molar refractivity (Wildman–Crippen MR) is 106 cm³/mol. The van der Waals surface area contributed by atoms with Crippen molar-refractivity contribution in [3.63, 3.8) is 0 Å². The summed E-state index contributed by atoms with van der Waals surface area (Å²) in [4.78, 5) is 47.7. The maximum Gasteiger partial charge on any atom is 0.332 e. The highest BCUT2D eigenvalue weighted by Crippen LogP contribution is 2.21. The van der Waals surface area contributed by atoms with Crippen molar-refractivity contribution < 1.29 is 28.7 Å². The van der Waals surface area contributed by atoms with Gasteiger partial charge in [-0.3, -0.25) is 9.59 Å². The monoisotopic (exact) mass is 395 g/mol. The first-order chi connectivity index (χ1) is 13.9. The van der Waals surface area contributed by atoms with Crippen LogP contribution in [-0.4, -0.2) is 30.2 Å². The van der Waals surface area contributed by atoms with Gasteiger partial charge in [-0.2, -0.15) is 0 Å². The van der Waals surface area contributed by atoms with Crippen molar-refractivity contribution in [1.29, 1.82) is 0 Å². The number of carbonyl (C=O) groups excluding carboxylic acids is 4. The van der Waals surface area contributed by atoms with Gasteiger partial charge in [0.25, 0.3) is 5.91 Å². The van der Waals surface area contributed by atoms with Crippen LogP contribution in [0, 0.1) is 0 Å². The summed E-state index contributed by atoms with van der Waals surface area (Å²) in [6, 6.07) is 14.9. The van der Waals surface area contributed by atoms with E-state index in [1.165, 1.54) is 13.0 Å². The molecule has 0 saturated carbocycles. The van der Waals surface area contributed by atoms with Crippen LogP contribution < -0.4 is 5.32 Å². The van der Waals surface area contributed by atoms with E-state index in [4.69, 9.17) is 9.47 Å². The minimum Gasteiger partial charge on any atom is -0.463 e. The van der Waals surface area contributed by atoms with Gasteiger partial charge in [0.2, 0.25) is 6.10 Å². The number of ether oxygens (including phenoxy) is 2. The second kappa shape index (κ2) is 10.6. The highest BCUT2D eigenvalue weighted by Gasteiger charge is 2.24. The number of hydrogen-bond donors (Lipinski definition) is 1. The molecule has 0 aromatic heterocycles. The molecular formula is C22H21NO6. The number of carbonyl (C=O) groups is 4. The third-order valence-electron chi connectivity index (χ3n) is 3.75. The quantitative estimate of drug-likeness (QED) is 0.419. The number of benzene rings is 2. The molecular weight excluding hydrogens is 374 g/mol. The van der Waals surface area contributed by atoms with Crippen LogP contribution in [0.4, 0.5) is 5.69 Å². The van der Waals surface area contributed by atoms with Crippen LogP contribution in [0.2, 0.25) is 0 Å². The van der Waals surface area contributed by atoms with Gasteiger partial charge in [-0.05, 0) is 26.0 Å². The van der Waals surface area contributed by atoms with Crippen molar-refractivity contribution >= 4 is 29.3 Å². The van der Waals surface area contributed by atoms with Gasteiger partial charge >= 0.3 is 11.9 Å². The molecule has 2 aromatic rings. The fourth-order valence-electron chi connectivity index (χ4n) is 2.41. The van der Waals surface area contributed by atoms with Crippen LogP contribution in [0.15, 0.2) is 66.7 Å². The Morgan fingerprint density at radius 1 is 0.966 bits per heavy atom. The molecule has 1 atom stereocenters. The molecule has 0 heterocycles. The first-order valence-corrected chi connectivity index (χ1v) is 8.93. The fraction of sp³-hybridized carbons (Fsp3) is 0.182. The molecule has 0 aliphatic carbocycles. The number of Topliss-reactive ketones (excluding diaryl/α,β-unsaturated/α-hetero) is 1. The van der Waals surface area contributed by atoms with E-state index in [2.05, 4.69) is 5.32 Å². The molecule has 0 radical (unpaired) electrons. The molecule has 0 fully saturated rings. The lowest BCUT2D eigenvalue weighted by atomic mass is 10.1. The summed E-state index contributed by atoms with van der Waals surface area (Å²) in [5.74, 6) is -2.31. The van der Waals surface area contributed by atoms with Gasteiger partial charge in [0.1, 0.15) is 0 Å². The van der Waals surface area contributed by atoms with Gasteiger partial charge < -0.3 is 14.8 Å². The zero-order valence-corrected chi connectivity index (χ0v) is 16.1. The van der Waals surface area contributed by atoms with E-state index in [9.17, 15) is 19.2 Å². The van der Waals surface area contributed by atoms with Gasteiger partial charge in [-0.15, -0.1) is 0 Å². The minimum absolute atomic E-state index is 0.142. The number of rotatable bonds is 8. The van der Waals surface area contributed by atoms with Crippen LogP contribution >= 0.6 is 0 Å². The number of hydrogen-bond acceptors (Lipinski definition) is 6. The Kier molecular flexibility index (Phi) is 7.85. The first-order valence-electron chi connectivity index (χ1n) is 8.93. The number of ketones is 1. The SMILES string of the molecule is CCOC(=O)/C=C/C(=O)O[C@@H](C(=O)Nc1cccc(C(C)=O)c1)c1ccccc1. The maximum absolute atomic E-state index is 12.8. The van der Waals surface area contributed by atoms with Crippen LogP contribution in [0.5, 0.6) is 0 Å². The highest BCUT2D eigenvalue weighted by molar-refractivity contribution is 6.00. The van der Waals surface area contributed by atoms with E-state index < -0.39 is 23.9 Å². The van der Waals surface area contributed by atoms with Crippen LogP contribution in [0.25, 0.3) is 0 Å². The molecule has 0 bridgehead atoms.